The van der Waals surface area contributed by atoms with E-state index in [0.717, 1.165) is 10.1 Å². The van der Waals surface area contributed by atoms with Crippen molar-refractivity contribution < 1.29 is 9.47 Å². The predicted octanol–water partition coefficient (Wildman–Crippen LogP) is 0.733. The Morgan fingerprint density at radius 3 is 2.38 bits per heavy atom. The molecule has 0 aliphatic rings. The summed E-state index contributed by atoms with van der Waals surface area (Å²) in [7, 11) is 8.25. The van der Waals surface area contributed by atoms with E-state index >= 15 is 0 Å². The van der Waals surface area contributed by atoms with E-state index in [-0.39, 0.29) is 11.2 Å². The maximum Gasteiger partial charge on any atom is 0.330 e. The van der Waals surface area contributed by atoms with Crippen molar-refractivity contribution in [3.05, 3.63) is 56.4 Å². The molecule has 1 aromatic carbocycles. The Kier molecular flexibility index (Phi) is 5.46. The minimum absolute atomic E-state index is 0.305. The van der Waals surface area contributed by atoms with E-state index in [9.17, 15) is 9.59 Å². The maximum atomic E-state index is 12.0. The van der Waals surface area contributed by atoms with Gasteiger partial charge in [-0.2, -0.15) is 0 Å². The average Bonchev–Trinajstić information content (AvgIpc) is 2.57. The van der Waals surface area contributed by atoms with Gasteiger partial charge in [0.15, 0.2) is 11.5 Å². The number of rotatable bonds is 6. The average molecular weight is 333 g/mol. The van der Waals surface area contributed by atoms with Crippen LogP contribution in [0, 0.1) is 0 Å². The molecular formula is C17H23N3O4. The second-order valence-electron chi connectivity index (χ2n) is 5.70. The van der Waals surface area contributed by atoms with Gasteiger partial charge in [-0.05, 0) is 13.1 Å². The summed E-state index contributed by atoms with van der Waals surface area (Å²) in [5.74, 6) is 1.36. The molecule has 0 atom stereocenters. The molecule has 7 heteroatoms. The molecule has 0 saturated heterocycles. The number of hydrogen-bond donors (Lipinski definition) is 0. The second-order valence-corrected chi connectivity index (χ2v) is 5.70. The van der Waals surface area contributed by atoms with Crippen LogP contribution in [0.5, 0.6) is 11.5 Å². The summed E-state index contributed by atoms with van der Waals surface area (Å²) in [5, 5.41) is 0. The molecule has 130 valence electrons. The Bertz CT molecular complexity index is 839. The van der Waals surface area contributed by atoms with Crippen LogP contribution >= 0.6 is 0 Å². The van der Waals surface area contributed by atoms with Gasteiger partial charge in [0.1, 0.15) is 0 Å². The molecule has 0 N–H and O–H groups in total. The van der Waals surface area contributed by atoms with Crippen LogP contribution in [0.3, 0.4) is 0 Å². The molecular weight excluding hydrogens is 310 g/mol. The van der Waals surface area contributed by atoms with Crippen molar-refractivity contribution in [3.8, 4) is 11.5 Å². The number of aromatic nitrogens is 2. The molecule has 0 amide bonds. The van der Waals surface area contributed by atoms with Gasteiger partial charge in [-0.3, -0.25) is 18.8 Å². The smallest absolute Gasteiger partial charge is 0.330 e. The molecule has 24 heavy (non-hydrogen) atoms. The van der Waals surface area contributed by atoms with Gasteiger partial charge in [0, 0.05) is 44.5 Å². The van der Waals surface area contributed by atoms with E-state index < -0.39 is 0 Å². The van der Waals surface area contributed by atoms with Crippen molar-refractivity contribution in [2.45, 2.75) is 13.1 Å². The molecule has 2 rings (SSSR count). The summed E-state index contributed by atoms with van der Waals surface area (Å²) >= 11 is 0. The highest BCUT2D eigenvalue weighted by atomic mass is 16.5. The Labute approximate surface area is 140 Å². The van der Waals surface area contributed by atoms with Gasteiger partial charge < -0.3 is 9.47 Å². The zero-order valence-electron chi connectivity index (χ0n) is 14.7. The Balaban J connectivity index is 2.25. The minimum Gasteiger partial charge on any atom is -0.493 e. The fourth-order valence-corrected chi connectivity index (χ4v) is 2.63. The molecule has 0 fully saturated rings. The van der Waals surface area contributed by atoms with E-state index in [1.807, 2.05) is 30.1 Å². The first-order valence-corrected chi connectivity index (χ1v) is 7.53. The summed E-state index contributed by atoms with van der Waals surface area (Å²) in [6.07, 6.45) is 0. The zero-order chi connectivity index (χ0) is 17.9. The van der Waals surface area contributed by atoms with Crippen molar-refractivity contribution in [1.29, 1.82) is 0 Å². The molecule has 0 spiro atoms. The van der Waals surface area contributed by atoms with Crippen LogP contribution in [0.1, 0.15) is 11.3 Å². The summed E-state index contributed by atoms with van der Waals surface area (Å²) in [5.41, 5.74) is 0.992. The molecule has 0 bridgehead atoms. The number of para-hydroxylation sites is 1. The first-order valence-electron chi connectivity index (χ1n) is 7.53. The first kappa shape index (κ1) is 17.8. The minimum atomic E-state index is -0.329. The van der Waals surface area contributed by atoms with Crippen molar-refractivity contribution >= 4 is 0 Å². The molecule has 0 aliphatic heterocycles. The van der Waals surface area contributed by atoms with Crippen molar-refractivity contribution in [2.24, 2.45) is 14.1 Å². The van der Waals surface area contributed by atoms with Crippen LogP contribution in [-0.2, 0) is 27.2 Å². The summed E-state index contributed by atoms with van der Waals surface area (Å²) in [6, 6.07) is 7.19. The molecule has 7 nitrogen and oxygen atoms in total. The van der Waals surface area contributed by atoms with Crippen LogP contribution < -0.4 is 20.7 Å². The van der Waals surface area contributed by atoms with E-state index in [1.54, 1.807) is 21.3 Å². The third-order valence-corrected chi connectivity index (χ3v) is 3.98. The second kappa shape index (κ2) is 7.35. The fourth-order valence-electron chi connectivity index (χ4n) is 2.63. The molecule has 0 radical (unpaired) electrons. The quantitative estimate of drug-likeness (QED) is 0.780. The van der Waals surface area contributed by atoms with Gasteiger partial charge in [-0.25, -0.2) is 4.79 Å². The van der Waals surface area contributed by atoms with Crippen LogP contribution in [0.2, 0.25) is 0 Å². The lowest BCUT2D eigenvalue weighted by molar-refractivity contribution is 0.295. The standard InChI is InChI=1S/C17H23N3O4/c1-18(10-12-7-6-8-14(23-4)16(12)24-5)11-13-9-15(21)20(3)17(22)19(13)2/h6-9H,10-11H2,1-5H3. The molecule has 0 unspecified atom stereocenters. The highest BCUT2D eigenvalue weighted by molar-refractivity contribution is 5.46. The van der Waals surface area contributed by atoms with Crippen LogP contribution in [0.15, 0.2) is 33.9 Å². The van der Waals surface area contributed by atoms with Gasteiger partial charge in [0.2, 0.25) is 0 Å². The highest BCUT2D eigenvalue weighted by Crippen LogP contribution is 2.31. The normalized spacial score (nSPS) is 10.9. The van der Waals surface area contributed by atoms with Gasteiger partial charge >= 0.3 is 5.69 Å². The van der Waals surface area contributed by atoms with Crippen molar-refractivity contribution in [1.82, 2.24) is 14.0 Å². The Morgan fingerprint density at radius 1 is 1.04 bits per heavy atom. The Morgan fingerprint density at radius 2 is 1.75 bits per heavy atom. The predicted molar refractivity (Wildman–Crippen MR) is 91.6 cm³/mol. The Hall–Kier alpha value is -2.54. The van der Waals surface area contributed by atoms with Crippen molar-refractivity contribution in [3.63, 3.8) is 0 Å². The van der Waals surface area contributed by atoms with Crippen LogP contribution in [0.4, 0.5) is 0 Å². The number of methoxy groups -OCH3 is 2. The topological polar surface area (TPSA) is 65.7 Å². The molecule has 1 aromatic heterocycles. The monoisotopic (exact) mass is 333 g/mol. The summed E-state index contributed by atoms with van der Waals surface area (Å²) in [4.78, 5) is 25.8. The largest absolute Gasteiger partial charge is 0.493 e. The van der Waals surface area contributed by atoms with E-state index in [2.05, 4.69) is 0 Å². The van der Waals surface area contributed by atoms with Gasteiger partial charge in [0.05, 0.1) is 14.2 Å². The zero-order valence-corrected chi connectivity index (χ0v) is 14.7. The van der Waals surface area contributed by atoms with Gasteiger partial charge in [-0.1, -0.05) is 12.1 Å². The van der Waals surface area contributed by atoms with Crippen molar-refractivity contribution in [2.75, 3.05) is 21.3 Å². The maximum absolute atomic E-state index is 12.0. The third kappa shape index (κ3) is 3.51. The first-order chi connectivity index (χ1) is 11.4. The number of benzene rings is 1. The summed E-state index contributed by atoms with van der Waals surface area (Å²) in [6.45, 7) is 1.05. The molecule has 0 aliphatic carbocycles. The van der Waals surface area contributed by atoms with E-state index in [1.165, 1.54) is 17.7 Å². The lowest BCUT2D eigenvalue weighted by atomic mass is 10.1. The van der Waals surface area contributed by atoms with Gasteiger partial charge in [-0.15, -0.1) is 0 Å². The number of hydrogen-bond acceptors (Lipinski definition) is 5. The number of ether oxygens (including phenoxy) is 2. The summed E-state index contributed by atoms with van der Waals surface area (Å²) < 4.78 is 13.3. The molecule has 0 saturated carbocycles. The highest BCUT2D eigenvalue weighted by Gasteiger charge is 2.13. The molecule has 1 heterocycles. The van der Waals surface area contributed by atoms with E-state index in [4.69, 9.17) is 9.47 Å². The fraction of sp³-hybridized carbons (Fsp3) is 0.412. The lowest BCUT2D eigenvalue weighted by Crippen LogP contribution is -2.39. The lowest BCUT2D eigenvalue weighted by Gasteiger charge is -2.20. The SMILES string of the molecule is COc1cccc(CN(C)Cc2cc(=O)n(C)c(=O)n2C)c1OC. The molecule has 2 aromatic rings. The van der Waals surface area contributed by atoms with Crippen LogP contribution in [0.25, 0.3) is 0 Å². The van der Waals surface area contributed by atoms with Gasteiger partial charge in [0.25, 0.3) is 5.56 Å². The third-order valence-electron chi connectivity index (χ3n) is 3.98. The number of nitrogens with zero attached hydrogens (tertiary/aromatic N) is 3. The van der Waals surface area contributed by atoms with E-state index in [0.29, 0.717) is 30.3 Å². The van der Waals surface area contributed by atoms with Crippen LogP contribution in [-0.4, -0.2) is 35.3 Å².